The summed E-state index contributed by atoms with van der Waals surface area (Å²) < 4.78 is 26.4. The number of rotatable bonds is 7. The molecule has 2 aromatic carbocycles. The molecule has 3 heterocycles. The molecule has 1 N–H and O–H groups in total. The van der Waals surface area contributed by atoms with Gasteiger partial charge in [0.15, 0.2) is 4.80 Å². The van der Waals surface area contributed by atoms with Gasteiger partial charge in [-0.2, -0.15) is 0 Å². The summed E-state index contributed by atoms with van der Waals surface area (Å²) in [7, 11) is 0. The highest BCUT2D eigenvalue weighted by Gasteiger charge is 2.16. The van der Waals surface area contributed by atoms with Gasteiger partial charge in [0.25, 0.3) is 0 Å². The molecule has 10 heteroatoms. The molecule has 2 saturated heterocycles. The first-order valence-corrected chi connectivity index (χ1v) is 13.6. The Morgan fingerprint density at radius 3 is 2.35 bits per heavy atom. The number of carbonyl (C=O) groups is 1. The third-order valence-electron chi connectivity index (χ3n) is 6.52. The number of carbonyl (C=O) groups excluding carboxylic acids is 1. The fourth-order valence-corrected chi connectivity index (χ4v) is 5.42. The fourth-order valence-electron chi connectivity index (χ4n) is 4.47. The molecule has 1 aromatic heterocycles. The first-order chi connectivity index (χ1) is 18.2. The molecule has 37 heavy (non-hydrogen) atoms. The van der Waals surface area contributed by atoms with Gasteiger partial charge >= 0.3 is 6.03 Å². The molecule has 2 amide bonds. The summed E-state index contributed by atoms with van der Waals surface area (Å²) in [5.74, 6) is -0.282. The molecular formula is C27H34FN5O3S. The van der Waals surface area contributed by atoms with E-state index in [1.54, 1.807) is 28.4 Å². The van der Waals surface area contributed by atoms with Crippen LogP contribution in [0.25, 0.3) is 11.3 Å². The van der Waals surface area contributed by atoms with Crippen LogP contribution in [-0.4, -0.2) is 74.6 Å². The molecule has 2 aliphatic rings. The predicted molar refractivity (Wildman–Crippen MR) is 145 cm³/mol. The number of morpholine rings is 2. The van der Waals surface area contributed by atoms with Crippen molar-refractivity contribution < 1.29 is 20.1 Å². The van der Waals surface area contributed by atoms with Crippen LogP contribution in [0.2, 0.25) is 0 Å². The average molecular weight is 528 g/mol. The zero-order chi connectivity index (χ0) is 25.5. The number of nitrogens with zero attached hydrogens (tertiary/aromatic N) is 4. The lowest BCUT2D eigenvalue weighted by atomic mass is 10.1. The quantitative estimate of drug-likeness (QED) is 0.470. The maximum atomic E-state index is 13.4. The average Bonchev–Trinajstić information content (AvgIpc) is 3.35. The van der Waals surface area contributed by atoms with Crippen molar-refractivity contribution in [3.63, 3.8) is 0 Å². The van der Waals surface area contributed by atoms with E-state index in [2.05, 4.69) is 44.4 Å². The normalized spacial score (nSPS) is 16.7. The van der Waals surface area contributed by atoms with Gasteiger partial charge in [-0.1, -0.05) is 12.1 Å². The molecule has 198 valence electrons. The monoisotopic (exact) mass is 527 g/mol. The predicted octanol–water partition coefficient (Wildman–Crippen LogP) is 4.10. The number of anilines is 1. The third kappa shape index (κ3) is 6.57. The van der Waals surface area contributed by atoms with E-state index >= 15 is 0 Å². The number of nitrogens with one attached hydrogen (secondary N) is 1. The van der Waals surface area contributed by atoms with Crippen molar-refractivity contribution in [1.29, 1.82) is 0 Å². The second-order valence-electron chi connectivity index (χ2n) is 8.97. The summed E-state index contributed by atoms with van der Waals surface area (Å²) in [5.41, 5.74) is 4.06. The van der Waals surface area contributed by atoms with E-state index in [0.717, 1.165) is 48.8 Å². The topological polar surface area (TPSA) is 71.3 Å². The first-order valence-electron chi connectivity index (χ1n) is 12.7. The highest BCUT2D eigenvalue weighted by molar-refractivity contribution is 7.07. The number of halogens is 1. The van der Waals surface area contributed by atoms with E-state index in [4.69, 9.17) is 14.5 Å². The van der Waals surface area contributed by atoms with E-state index < -0.39 is 0 Å². The minimum absolute atomic E-state index is 0. The van der Waals surface area contributed by atoms with E-state index in [9.17, 15) is 9.18 Å². The molecule has 0 radical (unpaired) electrons. The largest absolute Gasteiger partial charge is 0.378 e. The Morgan fingerprint density at radius 1 is 0.973 bits per heavy atom. The molecule has 0 unspecified atom stereocenters. The summed E-state index contributed by atoms with van der Waals surface area (Å²) >= 11 is 1.56. The van der Waals surface area contributed by atoms with Gasteiger partial charge in [-0.25, -0.2) is 14.2 Å². The lowest BCUT2D eigenvalue weighted by Crippen LogP contribution is -2.46. The first kappa shape index (κ1) is 25.4. The number of amides is 2. The molecule has 0 aliphatic carbocycles. The van der Waals surface area contributed by atoms with Gasteiger partial charge in [0.2, 0.25) is 0 Å². The van der Waals surface area contributed by atoms with Crippen molar-refractivity contribution in [1.82, 2.24) is 14.8 Å². The smallest absolute Gasteiger partial charge is 0.317 e. The minimum atomic E-state index is -0.282. The van der Waals surface area contributed by atoms with Crippen LogP contribution < -0.4 is 15.0 Å². The van der Waals surface area contributed by atoms with Gasteiger partial charge in [0.1, 0.15) is 5.82 Å². The van der Waals surface area contributed by atoms with Crippen LogP contribution in [0.15, 0.2) is 58.9 Å². The molecule has 8 nitrogen and oxygen atoms in total. The van der Waals surface area contributed by atoms with E-state index in [0.29, 0.717) is 45.1 Å². The highest BCUT2D eigenvalue weighted by Crippen LogP contribution is 2.25. The van der Waals surface area contributed by atoms with E-state index in [1.807, 2.05) is 0 Å². The van der Waals surface area contributed by atoms with Crippen LogP contribution in [-0.2, 0) is 16.0 Å². The van der Waals surface area contributed by atoms with Crippen LogP contribution in [0, 0.1) is 5.82 Å². The maximum Gasteiger partial charge on any atom is 0.317 e. The number of hydrogen-bond acceptors (Lipinski definition) is 6. The lowest BCUT2D eigenvalue weighted by molar-refractivity contribution is 0.0532. The Labute approximate surface area is 221 Å². The standard InChI is InChI=1S/C27H32FN5O3S.H2/c28-22-4-6-23(7-5-22)30-27-33(11-1-10-29-26(34)32-14-18-36-19-15-32)25(20-37-27)21-2-8-24(9-3-21)31-12-16-35-17-13-31;/h2-9,20H,1,10-19H2,(H,29,34);1H. The van der Waals surface area contributed by atoms with Gasteiger partial charge in [0, 0.05) is 51.8 Å². The second kappa shape index (κ2) is 12.4. The van der Waals surface area contributed by atoms with Crippen molar-refractivity contribution in [3.05, 3.63) is 64.5 Å². The summed E-state index contributed by atoms with van der Waals surface area (Å²) in [4.78, 5) is 22.2. The molecule has 2 fully saturated rings. The van der Waals surface area contributed by atoms with Crippen molar-refractivity contribution in [3.8, 4) is 11.3 Å². The number of urea groups is 1. The number of thiazole rings is 1. The Morgan fingerprint density at radius 2 is 1.65 bits per heavy atom. The molecule has 5 rings (SSSR count). The van der Waals surface area contributed by atoms with Crippen molar-refractivity contribution in [2.45, 2.75) is 13.0 Å². The minimum Gasteiger partial charge on any atom is -0.378 e. The van der Waals surface area contributed by atoms with E-state index in [1.165, 1.54) is 17.8 Å². The summed E-state index contributed by atoms with van der Waals surface area (Å²) in [6, 6.07) is 14.7. The van der Waals surface area contributed by atoms with Gasteiger partial charge < -0.3 is 29.2 Å². The number of aromatic nitrogens is 1. The molecule has 2 aliphatic heterocycles. The number of ether oxygens (including phenoxy) is 2. The lowest BCUT2D eigenvalue weighted by Gasteiger charge is -2.29. The SMILES string of the molecule is O=C(NCCCn1c(-c2ccc(N3CCOCC3)cc2)csc1=Nc1ccc(F)cc1)N1CCOCC1.[HH]. The number of benzene rings is 2. The van der Waals surface area contributed by atoms with Crippen LogP contribution >= 0.6 is 11.3 Å². The van der Waals surface area contributed by atoms with Crippen LogP contribution in [0.3, 0.4) is 0 Å². The molecular weight excluding hydrogens is 493 g/mol. The summed E-state index contributed by atoms with van der Waals surface area (Å²) in [6.45, 7) is 6.96. The maximum absolute atomic E-state index is 13.4. The van der Waals surface area contributed by atoms with Crippen molar-refractivity contribution >= 4 is 28.7 Å². The molecule has 0 saturated carbocycles. The van der Waals surface area contributed by atoms with Crippen molar-refractivity contribution in [2.24, 2.45) is 4.99 Å². The Bertz CT molecular complexity index is 1240. The second-order valence-corrected chi connectivity index (χ2v) is 9.81. The van der Waals surface area contributed by atoms with Gasteiger partial charge in [0.05, 0.1) is 37.8 Å². The number of hydrogen-bond donors (Lipinski definition) is 1. The molecule has 3 aromatic rings. The van der Waals surface area contributed by atoms with Crippen LogP contribution in [0.1, 0.15) is 7.85 Å². The van der Waals surface area contributed by atoms with Gasteiger partial charge in [-0.05, 0) is 48.4 Å². The zero-order valence-electron chi connectivity index (χ0n) is 20.8. The highest BCUT2D eigenvalue weighted by atomic mass is 32.1. The van der Waals surface area contributed by atoms with Crippen LogP contribution in [0.4, 0.5) is 20.6 Å². The molecule has 0 atom stereocenters. The van der Waals surface area contributed by atoms with E-state index in [-0.39, 0.29) is 13.3 Å². The van der Waals surface area contributed by atoms with Gasteiger partial charge in [-0.15, -0.1) is 11.3 Å². The van der Waals surface area contributed by atoms with Gasteiger partial charge in [-0.3, -0.25) is 0 Å². The summed E-state index contributed by atoms with van der Waals surface area (Å²) in [6.07, 6.45) is 0.752. The molecule has 0 spiro atoms. The fraction of sp³-hybridized carbons (Fsp3) is 0.407. The molecule has 0 bridgehead atoms. The Balaban J connectivity index is 0.00000336. The summed E-state index contributed by atoms with van der Waals surface area (Å²) in [5, 5.41) is 5.14. The third-order valence-corrected chi connectivity index (χ3v) is 7.38. The Kier molecular flexibility index (Phi) is 8.49. The zero-order valence-corrected chi connectivity index (χ0v) is 21.6. The van der Waals surface area contributed by atoms with Crippen LogP contribution in [0.5, 0.6) is 0 Å². The Hall–Kier alpha value is -3.21. The van der Waals surface area contributed by atoms with Crippen molar-refractivity contribution in [2.75, 3.05) is 64.1 Å².